The minimum absolute atomic E-state index is 0.0256. The molecule has 0 unspecified atom stereocenters. The number of hydrogen-bond acceptors (Lipinski definition) is 6. The fourth-order valence-electron chi connectivity index (χ4n) is 4.83. The second-order valence-corrected chi connectivity index (χ2v) is 9.39. The van der Waals surface area contributed by atoms with E-state index in [4.69, 9.17) is 26.1 Å². The summed E-state index contributed by atoms with van der Waals surface area (Å²) in [5, 5.41) is 6.67. The zero-order valence-electron chi connectivity index (χ0n) is 18.9. The number of ether oxygens (including phenoxy) is 2. The predicted octanol–water partition coefficient (Wildman–Crippen LogP) is 2.49. The summed E-state index contributed by atoms with van der Waals surface area (Å²) in [6.45, 7) is 4.23. The van der Waals surface area contributed by atoms with Gasteiger partial charge < -0.3 is 34.3 Å². The van der Waals surface area contributed by atoms with Crippen LogP contribution in [-0.4, -0.2) is 72.7 Å². The SMILES string of the molecule is O=C(NCC(=O)N1CCC2(CC1)CCN(C(=S)Nc1ccc3c(c1)OCCO3)C2)c1ccco1. The summed E-state index contributed by atoms with van der Waals surface area (Å²) in [6, 6.07) is 8.98. The van der Waals surface area contributed by atoms with Gasteiger partial charge in [-0.2, -0.15) is 0 Å². The van der Waals surface area contributed by atoms with Gasteiger partial charge in [0.1, 0.15) is 13.2 Å². The molecule has 5 rings (SSSR count). The smallest absolute Gasteiger partial charge is 0.287 e. The molecule has 0 aliphatic carbocycles. The van der Waals surface area contributed by atoms with E-state index in [-0.39, 0.29) is 29.5 Å². The molecule has 2 N–H and O–H groups in total. The highest BCUT2D eigenvalue weighted by molar-refractivity contribution is 7.80. The Morgan fingerprint density at radius 3 is 2.47 bits per heavy atom. The number of carbonyl (C=O) groups excluding carboxylic acids is 2. The number of nitrogens with one attached hydrogen (secondary N) is 2. The number of furan rings is 1. The van der Waals surface area contributed by atoms with Gasteiger partial charge in [0.2, 0.25) is 5.91 Å². The molecule has 0 bridgehead atoms. The molecule has 1 spiro atoms. The van der Waals surface area contributed by atoms with Gasteiger partial charge in [-0.3, -0.25) is 9.59 Å². The van der Waals surface area contributed by atoms with E-state index in [2.05, 4.69) is 15.5 Å². The van der Waals surface area contributed by atoms with Crippen LogP contribution in [0.25, 0.3) is 0 Å². The van der Waals surface area contributed by atoms with E-state index in [0.717, 1.165) is 49.5 Å². The minimum Gasteiger partial charge on any atom is -0.486 e. The molecule has 4 heterocycles. The number of amides is 2. The number of benzene rings is 1. The molecule has 9 nitrogen and oxygen atoms in total. The van der Waals surface area contributed by atoms with Crippen molar-refractivity contribution < 1.29 is 23.5 Å². The maximum absolute atomic E-state index is 12.6. The molecule has 0 atom stereocenters. The van der Waals surface area contributed by atoms with Crippen molar-refractivity contribution in [2.24, 2.45) is 5.41 Å². The Bertz CT molecular complexity index is 1070. The first kappa shape index (κ1) is 22.5. The largest absolute Gasteiger partial charge is 0.486 e. The molecule has 0 radical (unpaired) electrons. The van der Waals surface area contributed by atoms with E-state index in [0.29, 0.717) is 31.4 Å². The van der Waals surface area contributed by atoms with Crippen molar-refractivity contribution in [1.82, 2.24) is 15.1 Å². The lowest BCUT2D eigenvalue weighted by molar-refractivity contribution is -0.132. The zero-order chi connectivity index (χ0) is 23.5. The number of hydrogen-bond donors (Lipinski definition) is 2. The third-order valence-electron chi connectivity index (χ3n) is 6.84. The van der Waals surface area contributed by atoms with Crippen LogP contribution in [0.2, 0.25) is 0 Å². The Morgan fingerprint density at radius 1 is 1.00 bits per heavy atom. The third kappa shape index (κ3) is 4.82. The van der Waals surface area contributed by atoms with Crippen LogP contribution >= 0.6 is 12.2 Å². The molecule has 1 aromatic carbocycles. The Kier molecular flexibility index (Phi) is 6.32. The first-order chi connectivity index (χ1) is 16.5. The fourth-order valence-corrected chi connectivity index (χ4v) is 5.11. The summed E-state index contributed by atoms with van der Waals surface area (Å²) < 4.78 is 16.3. The Balaban J connectivity index is 1.09. The lowest BCUT2D eigenvalue weighted by Gasteiger charge is -2.39. The number of rotatable bonds is 4. The average Bonchev–Trinajstić information content (AvgIpc) is 3.54. The van der Waals surface area contributed by atoms with Crippen molar-refractivity contribution in [1.29, 1.82) is 0 Å². The maximum Gasteiger partial charge on any atom is 0.287 e. The van der Waals surface area contributed by atoms with Crippen molar-refractivity contribution in [2.75, 3.05) is 51.3 Å². The van der Waals surface area contributed by atoms with Crippen molar-refractivity contribution in [2.45, 2.75) is 19.3 Å². The maximum atomic E-state index is 12.6. The van der Waals surface area contributed by atoms with Crippen molar-refractivity contribution in [3.05, 3.63) is 42.4 Å². The molecule has 2 aromatic rings. The van der Waals surface area contributed by atoms with Gasteiger partial charge in [0.05, 0.1) is 12.8 Å². The van der Waals surface area contributed by atoms with Gasteiger partial charge in [0.25, 0.3) is 5.91 Å². The fraction of sp³-hybridized carbons (Fsp3) is 0.458. The zero-order valence-corrected chi connectivity index (χ0v) is 19.7. The van der Waals surface area contributed by atoms with Crippen LogP contribution in [0, 0.1) is 5.41 Å². The highest BCUT2D eigenvalue weighted by atomic mass is 32.1. The van der Waals surface area contributed by atoms with Crippen LogP contribution in [0.5, 0.6) is 11.5 Å². The van der Waals surface area contributed by atoms with Gasteiger partial charge in [-0.15, -0.1) is 0 Å². The number of thiocarbonyl (C=S) groups is 1. The normalized spacial score (nSPS) is 18.6. The van der Waals surface area contributed by atoms with Crippen LogP contribution in [0.15, 0.2) is 41.0 Å². The molecule has 2 fully saturated rings. The van der Waals surface area contributed by atoms with E-state index in [1.54, 1.807) is 12.1 Å². The van der Waals surface area contributed by atoms with Crippen LogP contribution in [0.3, 0.4) is 0 Å². The molecule has 3 aliphatic heterocycles. The van der Waals surface area contributed by atoms with Crippen LogP contribution in [0.4, 0.5) is 5.69 Å². The van der Waals surface area contributed by atoms with Crippen LogP contribution in [-0.2, 0) is 4.79 Å². The summed E-state index contributed by atoms with van der Waals surface area (Å²) in [6.07, 6.45) is 4.33. The first-order valence-electron chi connectivity index (χ1n) is 11.6. The second kappa shape index (κ2) is 9.54. The van der Waals surface area contributed by atoms with Gasteiger partial charge in [-0.05, 0) is 61.2 Å². The number of likely N-dealkylation sites (tertiary alicyclic amines) is 2. The molecule has 3 aliphatic rings. The quantitative estimate of drug-likeness (QED) is 0.639. The number of anilines is 1. The molecule has 10 heteroatoms. The van der Waals surface area contributed by atoms with Gasteiger partial charge in [0.15, 0.2) is 22.4 Å². The molecule has 180 valence electrons. The standard InChI is InChI=1S/C24H28N4O5S/c29-21(15-25-22(30)19-2-1-11-31-19)27-8-5-24(6-9-27)7-10-28(16-24)23(34)26-17-3-4-18-20(14-17)33-13-12-32-18/h1-4,11,14H,5-10,12-13,15-16H2,(H,25,30)(H,26,34). The summed E-state index contributed by atoms with van der Waals surface area (Å²) >= 11 is 5.69. The summed E-state index contributed by atoms with van der Waals surface area (Å²) in [7, 11) is 0. The Labute approximate surface area is 203 Å². The van der Waals surface area contributed by atoms with Gasteiger partial charge in [-0.25, -0.2) is 0 Å². The highest BCUT2D eigenvalue weighted by Crippen LogP contribution is 2.41. The molecule has 0 saturated carbocycles. The number of carbonyl (C=O) groups is 2. The summed E-state index contributed by atoms with van der Waals surface area (Å²) in [5.41, 5.74) is 1.04. The van der Waals surface area contributed by atoms with E-state index in [1.807, 2.05) is 23.1 Å². The number of piperidine rings is 1. The van der Waals surface area contributed by atoms with Gasteiger partial charge >= 0.3 is 0 Å². The van der Waals surface area contributed by atoms with Crippen molar-refractivity contribution in [3.63, 3.8) is 0 Å². The lowest BCUT2D eigenvalue weighted by Crippen LogP contribution is -2.47. The predicted molar refractivity (Wildman–Crippen MR) is 129 cm³/mol. The minimum atomic E-state index is -0.378. The number of nitrogens with zero attached hydrogens (tertiary/aromatic N) is 2. The topological polar surface area (TPSA) is 96.3 Å². The molecule has 1 aromatic heterocycles. The van der Waals surface area contributed by atoms with Crippen molar-refractivity contribution >= 4 is 34.8 Å². The van der Waals surface area contributed by atoms with Crippen LogP contribution in [0.1, 0.15) is 29.8 Å². The molecular formula is C24H28N4O5S. The Hall–Kier alpha value is -3.27. The first-order valence-corrected chi connectivity index (χ1v) is 12.0. The summed E-state index contributed by atoms with van der Waals surface area (Å²) in [5.74, 6) is 1.24. The third-order valence-corrected chi connectivity index (χ3v) is 7.20. The monoisotopic (exact) mass is 484 g/mol. The van der Waals surface area contributed by atoms with E-state index >= 15 is 0 Å². The molecule has 2 saturated heterocycles. The molecule has 34 heavy (non-hydrogen) atoms. The highest BCUT2D eigenvalue weighted by Gasteiger charge is 2.42. The molecule has 2 amide bonds. The summed E-state index contributed by atoms with van der Waals surface area (Å²) in [4.78, 5) is 28.6. The van der Waals surface area contributed by atoms with E-state index in [9.17, 15) is 9.59 Å². The van der Waals surface area contributed by atoms with E-state index < -0.39 is 0 Å². The van der Waals surface area contributed by atoms with Crippen LogP contribution < -0.4 is 20.1 Å². The number of fused-ring (bicyclic) bond motifs is 1. The second-order valence-electron chi connectivity index (χ2n) is 9.00. The Morgan fingerprint density at radius 2 is 1.74 bits per heavy atom. The average molecular weight is 485 g/mol. The van der Waals surface area contributed by atoms with Crippen molar-refractivity contribution in [3.8, 4) is 11.5 Å². The van der Waals surface area contributed by atoms with E-state index in [1.165, 1.54) is 6.26 Å². The molecular weight excluding hydrogens is 456 g/mol. The lowest BCUT2D eigenvalue weighted by atomic mass is 9.78. The van der Waals surface area contributed by atoms with Gasteiger partial charge in [0, 0.05) is 37.9 Å². The van der Waals surface area contributed by atoms with Gasteiger partial charge in [-0.1, -0.05) is 0 Å².